The van der Waals surface area contributed by atoms with Crippen LogP contribution in [0.4, 0.5) is 4.39 Å². The molecule has 1 saturated carbocycles. The van der Waals surface area contributed by atoms with E-state index in [0.29, 0.717) is 6.54 Å². The van der Waals surface area contributed by atoms with Crippen LogP contribution in [-0.2, 0) is 5.41 Å². The number of hydrogen-bond donors (Lipinski definition) is 2. The fourth-order valence-electron chi connectivity index (χ4n) is 1.75. The quantitative estimate of drug-likeness (QED) is 0.794. The van der Waals surface area contributed by atoms with E-state index >= 15 is 0 Å². The van der Waals surface area contributed by atoms with Crippen LogP contribution in [0.5, 0.6) is 5.75 Å². The Kier molecular flexibility index (Phi) is 2.16. The van der Waals surface area contributed by atoms with Crippen molar-refractivity contribution in [3.63, 3.8) is 0 Å². The highest BCUT2D eigenvalue weighted by atomic mass is 35.5. The molecule has 0 atom stereocenters. The summed E-state index contributed by atoms with van der Waals surface area (Å²) in [5.41, 5.74) is 5.48. The Hall–Kier alpha value is -0.800. The molecule has 1 aromatic rings. The molecule has 0 aromatic heterocycles. The lowest BCUT2D eigenvalue weighted by Gasteiger charge is -2.16. The molecule has 2 nitrogen and oxygen atoms in total. The summed E-state index contributed by atoms with van der Waals surface area (Å²) < 4.78 is 13.5. The van der Waals surface area contributed by atoms with Crippen LogP contribution >= 0.6 is 11.6 Å². The lowest BCUT2D eigenvalue weighted by atomic mass is 9.94. The SMILES string of the molecule is NCC1(c2c(F)ccc(Cl)c2O)CC1. The molecule has 1 aromatic carbocycles. The van der Waals surface area contributed by atoms with Gasteiger partial charge in [0, 0.05) is 17.5 Å². The molecule has 0 bridgehead atoms. The number of halogens is 2. The molecule has 4 heteroatoms. The van der Waals surface area contributed by atoms with Crippen molar-refractivity contribution in [1.29, 1.82) is 0 Å². The maximum absolute atomic E-state index is 13.5. The van der Waals surface area contributed by atoms with E-state index in [1.165, 1.54) is 12.1 Å². The van der Waals surface area contributed by atoms with Crippen molar-refractivity contribution < 1.29 is 9.50 Å². The average Bonchev–Trinajstić information content (AvgIpc) is 2.93. The van der Waals surface area contributed by atoms with Crippen molar-refractivity contribution in [3.05, 3.63) is 28.5 Å². The molecular formula is C10H11ClFNO. The first-order chi connectivity index (χ1) is 6.60. The van der Waals surface area contributed by atoms with Gasteiger partial charge in [0.15, 0.2) is 0 Å². The highest BCUT2D eigenvalue weighted by Crippen LogP contribution is 2.52. The maximum Gasteiger partial charge on any atom is 0.140 e. The molecule has 0 radical (unpaired) electrons. The molecule has 3 N–H and O–H groups in total. The molecule has 1 aliphatic carbocycles. The Morgan fingerprint density at radius 2 is 2.14 bits per heavy atom. The van der Waals surface area contributed by atoms with Crippen molar-refractivity contribution >= 4 is 11.6 Å². The van der Waals surface area contributed by atoms with Crippen LogP contribution in [0.1, 0.15) is 18.4 Å². The summed E-state index contributed by atoms with van der Waals surface area (Å²) in [6.45, 7) is 0.345. The number of nitrogens with two attached hydrogens (primary N) is 1. The third-order valence-electron chi connectivity index (χ3n) is 2.85. The topological polar surface area (TPSA) is 46.2 Å². The summed E-state index contributed by atoms with van der Waals surface area (Å²) in [5, 5.41) is 9.84. The summed E-state index contributed by atoms with van der Waals surface area (Å²) in [7, 11) is 0. The Bertz CT molecular complexity index is 377. The molecule has 76 valence electrons. The first kappa shape index (κ1) is 9.74. The van der Waals surface area contributed by atoms with Crippen LogP contribution in [0.15, 0.2) is 12.1 Å². The smallest absolute Gasteiger partial charge is 0.140 e. The predicted molar refractivity (Wildman–Crippen MR) is 53.0 cm³/mol. The van der Waals surface area contributed by atoms with Crippen molar-refractivity contribution in [2.75, 3.05) is 6.54 Å². The van der Waals surface area contributed by atoms with Crippen molar-refractivity contribution in [2.24, 2.45) is 5.73 Å². The second-order valence-corrected chi connectivity index (χ2v) is 4.14. The molecule has 0 amide bonds. The van der Waals surface area contributed by atoms with E-state index in [1.54, 1.807) is 0 Å². The van der Waals surface area contributed by atoms with Crippen molar-refractivity contribution in [2.45, 2.75) is 18.3 Å². The van der Waals surface area contributed by atoms with Gasteiger partial charge < -0.3 is 10.8 Å². The lowest BCUT2D eigenvalue weighted by Crippen LogP contribution is -2.21. The summed E-state index contributed by atoms with van der Waals surface area (Å²) in [4.78, 5) is 0. The van der Waals surface area contributed by atoms with Gasteiger partial charge in [0.1, 0.15) is 11.6 Å². The Labute approximate surface area is 86.5 Å². The molecule has 2 rings (SSSR count). The van der Waals surface area contributed by atoms with Gasteiger partial charge in [-0.2, -0.15) is 0 Å². The lowest BCUT2D eigenvalue weighted by molar-refractivity contribution is 0.446. The van der Waals surface area contributed by atoms with Gasteiger partial charge in [-0.15, -0.1) is 0 Å². The predicted octanol–water partition coefficient (Wildman–Crippen LogP) is 2.17. The van der Waals surface area contributed by atoms with E-state index in [4.69, 9.17) is 17.3 Å². The van der Waals surface area contributed by atoms with Gasteiger partial charge in [0.05, 0.1) is 5.02 Å². The van der Waals surface area contributed by atoms with Gasteiger partial charge in [0.25, 0.3) is 0 Å². The van der Waals surface area contributed by atoms with Gasteiger partial charge in [-0.25, -0.2) is 4.39 Å². The first-order valence-corrected chi connectivity index (χ1v) is 4.86. The van der Waals surface area contributed by atoms with E-state index in [2.05, 4.69) is 0 Å². The summed E-state index contributed by atoms with van der Waals surface area (Å²) in [6.07, 6.45) is 1.63. The Balaban J connectivity index is 2.57. The minimum atomic E-state index is -0.421. The largest absolute Gasteiger partial charge is 0.506 e. The highest BCUT2D eigenvalue weighted by Gasteiger charge is 2.47. The summed E-state index contributed by atoms with van der Waals surface area (Å²) in [5.74, 6) is -0.579. The number of aromatic hydroxyl groups is 1. The average molecular weight is 216 g/mol. The molecular weight excluding hydrogens is 205 g/mol. The third-order valence-corrected chi connectivity index (χ3v) is 3.16. The minimum Gasteiger partial charge on any atom is -0.506 e. The van der Waals surface area contributed by atoms with E-state index in [0.717, 1.165) is 12.8 Å². The van der Waals surface area contributed by atoms with E-state index < -0.39 is 5.82 Å². The van der Waals surface area contributed by atoms with E-state index in [9.17, 15) is 9.50 Å². The number of rotatable bonds is 2. The molecule has 0 unspecified atom stereocenters. The zero-order valence-electron chi connectivity index (χ0n) is 7.56. The molecule has 0 saturated heterocycles. The molecule has 14 heavy (non-hydrogen) atoms. The van der Waals surface area contributed by atoms with Gasteiger partial charge in [-0.05, 0) is 25.0 Å². The zero-order chi connectivity index (χ0) is 10.3. The number of benzene rings is 1. The van der Waals surface area contributed by atoms with Crippen LogP contribution < -0.4 is 5.73 Å². The maximum atomic E-state index is 13.5. The van der Waals surface area contributed by atoms with Crippen LogP contribution in [0.2, 0.25) is 5.02 Å². The second kappa shape index (κ2) is 3.11. The molecule has 1 aliphatic rings. The zero-order valence-corrected chi connectivity index (χ0v) is 8.31. The third kappa shape index (κ3) is 1.28. The van der Waals surface area contributed by atoms with Crippen LogP contribution in [0.25, 0.3) is 0 Å². The minimum absolute atomic E-state index is 0.158. The molecule has 0 spiro atoms. The fraction of sp³-hybridized carbons (Fsp3) is 0.400. The van der Waals surface area contributed by atoms with Crippen LogP contribution in [-0.4, -0.2) is 11.7 Å². The van der Waals surface area contributed by atoms with E-state index in [-0.39, 0.29) is 21.8 Å². The summed E-state index contributed by atoms with van der Waals surface area (Å²) in [6, 6.07) is 2.62. The van der Waals surface area contributed by atoms with Gasteiger partial charge in [0.2, 0.25) is 0 Å². The standard InChI is InChI=1S/C10H11ClFNO/c11-6-1-2-7(12)8(9(6)14)10(5-13)3-4-10/h1-2,14H,3-5,13H2. The van der Waals surface area contributed by atoms with Crippen molar-refractivity contribution in [1.82, 2.24) is 0 Å². The Morgan fingerprint density at radius 1 is 1.50 bits per heavy atom. The van der Waals surface area contributed by atoms with Gasteiger partial charge in [-0.1, -0.05) is 11.6 Å². The molecule has 0 aliphatic heterocycles. The van der Waals surface area contributed by atoms with E-state index in [1.807, 2.05) is 0 Å². The number of phenols is 1. The highest BCUT2D eigenvalue weighted by molar-refractivity contribution is 6.32. The monoisotopic (exact) mass is 215 g/mol. The first-order valence-electron chi connectivity index (χ1n) is 4.48. The molecule has 1 fully saturated rings. The fourth-order valence-corrected chi connectivity index (χ4v) is 1.91. The van der Waals surface area contributed by atoms with Crippen LogP contribution in [0, 0.1) is 5.82 Å². The van der Waals surface area contributed by atoms with Crippen molar-refractivity contribution in [3.8, 4) is 5.75 Å². The van der Waals surface area contributed by atoms with Gasteiger partial charge in [-0.3, -0.25) is 0 Å². The number of phenolic OH excluding ortho intramolecular Hbond substituents is 1. The normalized spacial score (nSPS) is 18.2. The van der Waals surface area contributed by atoms with Crippen LogP contribution in [0.3, 0.4) is 0 Å². The van der Waals surface area contributed by atoms with Gasteiger partial charge >= 0.3 is 0 Å². The number of hydrogen-bond acceptors (Lipinski definition) is 2. The second-order valence-electron chi connectivity index (χ2n) is 3.74. The summed E-state index contributed by atoms with van der Waals surface area (Å²) >= 11 is 5.72. The Morgan fingerprint density at radius 3 is 2.64 bits per heavy atom. The molecule has 0 heterocycles.